The Morgan fingerprint density at radius 3 is 1.83 bits per heavy atom. The predicted octanol–water partition coefficient (Wildman–Crippen LogP) is 1.53. The lowest BCUT2D eigenvalue weighted by atomic mass is 10.1. The number of esters is 2. The number of alkyl halides is 2. The summed E-state index contributed by atoms with van der Waals surface area (Å²) in [5.74, 6) is -1.11. The number of carbonyl (C=O) groups is 3. The summed E-state index contributed by atoms with van der Waals surface area (Å²) in [6.07, 6.45) is -2.50. The average molecular weight is 390 g/mol. The molecule has 18 heavy (non-hydrogen) atoms. The normalized spacial score (nSPS) is 15.4. The van der Waals surface area contributed by atoms with E-state index in [1.807, 2.05) is 0 Å². The molecule has 0 saturated carbocycles. The van der Waals surface area contributed by atoms with Gasteiger partial charge < -0.3 is 14.2 Å². The summed E-state index contributed by atoms with van der Waals surface area (Å²) < 4.78 is 14.3. The number of halogens is 2. The van der Waals surface area contributed by atoms with Gasteiger partial charge >= 0.3 is 11.9 Å². The van der Waals surface area contributed by atoms with Gasteiger partial charge in [0.15, 0.2) is 12.2 Å². The number of ether oxygens (including phenoxy) is 3. The van der Waals surface area contributed by atoms with Crippen LogP contribution in [0.2, 0.25) is 0 Å². The van der Waals surface area contributed by atoms with Gasteiger partial charge in [-0.3, -0.25) is 14.4 Å². The lowest BCUT2D eigenvalue weighted by molar-refractivity contribution is -0.176. The van der Waals surface area contributed by atoms with Crippen LogP contribution in [0.25, 0.3) is 0 Å². The molecule has 0 bridgehead atoms. The van der Waals surface area contributed by atoms with E-state index < -0.39 is 34.0 Å². The molecule has 0 amide bonds. The first-order chi connectivity index (χ1) is 8.29. The molecular weight excluding hydrogens is 376 g/mol. The van der Waals surface area contributed by atoms with Gasteiger partial charge in [-0.25, -0.2) is 0 Å². The molecule has 0 unspecified atom stereocenters. The van der Waals surface area contributed by atoms with Crippen molar-refractivity contribution in [3.8, 4) is 0 Å². The third-order valence-corrected chi connectivity index (χ3v) is 2.95. The smallest absolute Gasteiger partial charge is 0.303 e. The predicted molar refractivity (Wildman–Crippen MR) is 69.4 cm³/mol. The fourth-order valence-electron chi connectivity index (χ4n) is 1.24. The minimum absolute atomic E-state index is 0.240. The molecule has 3 atom stereocenters. The lowest BCUT2D eigenvalue weighted by Gasteiger charge is -2.30. The van der Waals surface area contributed by atoms with Crippen molar-refractivity contribution in [1.82, 2.24) is 0 Å². The van der Waals surface area contributed by atoms with Crippen LogP contribution in [0.1, 0.15) is 20.8 Å². The van der Waals surface area contributed by atoms with E-state index in [0.29, 0.717) is 0 Å². The number of carbonyl (C=O) groups excluding carboxylic acids is 3. The van der Waals surface area contributed by atoms with Gasteiger partial charge in [-0.05, 0) is 6.92 Å². The first-order valence-corrected chi connectivity index (χ1v) is 6.84. The van der Waals surface area contributed by atoms with Crippen LogP contribution >= 0.6 is 31.9 Å². The lowest BCUT2D eigenvalue weighted by Crippen LogP contribution is -2.46. The molecule has 0 fully saturated rings. The maximum atomic E-state index is 11.0. The van der Waals surface area contributed by atoms with Crippen LogP contribution in [0.15, 0.2) is 0 Å². The highest BCUT2D eigenvalue weighted by Crippen LogP contribution is 2.24. The maximum Gasteiger partial charge on any atom is 0.303 e. The van der Waals surface area contributed by atoms with Crippen LogP contribution in [0, 0.1) is 0 Å². The Bertz CT molecular complexity index is 307. The van der Waals surface area contributed by atoms with Gasteiger partial charge in [-0.2, -0.15) is 0 Å². The molecule has 6 nitrogen and oxygen atoms in total. The first-order valence-electron chi connectivity index (χ1n) is 5.01. The van der Waals surface area contributed by atoms with Crippen LogP contribution < -0.4 is 0 Å². The second kappa shape index (κ2) is 8.47. The van der Waals surface area contributed by atoms with Gasteiger partial charge in [0.2, 0.25) is 0 Å². The van der Waals surface area contributed by atoms with Crippen molar-refractivity contribution >= 4 is 50.3 Å². The zero-order chi connectivity index (χ0) is 14.3. The van der Waals surface area contributed by atoms with Crippen molar-refractivity contribution in [2.24, 2.45) is 0 Å². The average Bonchev–Trinajstić information content (AvgIpc) is 2.22. The Kier molecular flexibility index (Phi) is 8.17. The highest BCUT2D eigenvalue weighted by Gasteiger charge is 2.37. The first kappa shape index (κ1) is 17.4. The summed E-state index contributed by atoms with van der Waals surface area (Å²) in [6.45, 7) is 4.21. The van der Waals surface area contributed by atoms with E-state index in [4.69, 9.17) is 14.2 Å². The molecule has 0 aromatic rings. The molecule has 0 aliphatic heterocycles. The zero-order valence-electron chi connectivity index (χ0n) is 10.1. The monoisotopic (exact) mass is 388 g/mol. The van der Waals surface area contributed by atoms with E-state index in [2.05, 4.69) is 31.9 Å². The molecular formula is C10H14Br2O6. The summed E-state index contributed by atoms with van der Waals surface area (Å²) >= 11 is 6.37. The largest absolute Gasteiger partial charge is 0.461 e. The van der Waals surface area contributed by atoms with E-state index in [9.17, 15) is 14.4 Å². The molecule has 8 heteroatoms. The van der Waals surface area contributed by atoms with E-state index in [0.717, 1.165) is 0 Å². The van der Waals surface area contributed by atoms with E-state index in [1.54, 1.807) is 0 Å². The van der Waals surface area contributed by atoms with E-state index in [1.165, 1.54) is 20.8 Å². The van der Waals surface area contributed by atoms with Gasteiger partial charge in [0.05, 0.1) is 0 Å². The second-order valence-corrected chi connectivity index (χ2v) is 6.62. The molecule has 0 heterocycles. The van der Waals surface area contributed by atoms with Crippen molar-refractivity contribution in [2.75, 3.05) is 0 Å². The van der Waals surface area contributed by atoms with E-state index in [-0.39, 0.29) is 6.47 Å². The highest BCUT2D eigenvalue weighted by molar-refractivity contribution is 9.24. The molecule has 0 aromatic heterocycles. The second-order valence-electron chi connectivity index (χ2n) is 3.42. The van der Waals surface area contributed by atoms with Gasteiger partial charge in [-0.15, -0.1) is 0 Å². The standard InChI is InChI=1S/C10H14Br2O6/c1-5(16-4-13)8(17-6(2)14)9(10(11)12)18-7(3)15/h4-5,8-10H,1-3H3/t5-,8-,9+/m0/s1. The summed E-state index contributed by atoms with van der Waals surface area (Å²) in [5.41, 5.74) is 0. The minimum Gasteiger partial charge on any atom is -0.461 e. The zero-order valence-corrected chi connectivity index (χ0v) is 13.3. The topological polar surface area (TPSA) is 78.9 Å². The van der Waals surface area contributed by atoms with Gasteiger partial charge in [-0.1, -0.05) is 31.9 Å². The molecule has 0 aliphatic carbocycles. The fraction of sp³-hybridized carbons (Fsp3) is 0.700. The molecule has 0 N–H and O–H groups in total. The van der Waals surface area contributed by atoms with Crippen molar-refractivity contribution in [1.29, 1.82) is 0 Å². The van der Waals surface area contributed by atoms with Crippen LogP contribution in [-0.4, -0.2) is 40.5 Å². The van der Waals surface area contributed by atoms with Crippen molar-refractivity contribution in [3.63, 3.8) is 0 Å². The van der Waals surface area contributed by atoms with Gasteiger partial charge in [0.1, 0.15) is 9.84 Å². The van der Waals surface area contributed by atoms with E-state index >= 15 is 0 Å². The van der Waals surface area contributed by atoms with Crippen molar-refractivity contribution in [3.05, 3.63) is 0 Å². The number of hydrogen-bond acceptors (Lipinski definition) is 6. The van der Waals surface area contributed by atoms with Crippen LogP contribution in [0.5, 0.6) is 0 Å². The summed E-state index contributed by atoms with van der Waals surface area (Å²) in [5, 5.41) is 0. The fourth-order valence-corrected chi connectivity index (χ4v) is 2.06. The Balaban J connectivity index is 5.00. The van der Waals surface area contributed by atoms with Crippen LogP contribution in [-0.2, 0) is 28.6 Å². The molecule has 0 aliphatic rings. The Morgan fingerprint density at radius 2 is 1.50 bits per heavy atom. The number of hydrogen-bond donors (Lipinski definition) is 0. The summed E-state index contributed by atoms with van der Waals surface area (Å²) in [6, 6.07) is 0. The molecule has 0 aromatic carbocycles. The van der Waals surface area contributed by atoms with Crippen molar-refractivity contribution < 1.29 is 28.6 Å². The van der Waals surface area contributed by atoms with Crippen LogP contribution in [0.4, 0.5) is 0 Å². The molecule has 0 saturated heterocycles. The Labute approximate surface area is 122 Å². The summed E-state index contributed by atoms with van der Waals surface area (Å²) in [4.78, 5) is 32.4. The minimum atomic E-state index is -0.916. The summed E-state index contributed by atoms with van der Waals surface area (Å²) in [7, 11) is 0. The Hall–Kier alpha value is -0.630. The maximum absolute atomic E-state index is 11.0. The number of rotatable bonds is 7. The molecule has 0 radical (unpaired) electrons. The SMILES string of the molecule is CC(=O)O[C@@H]([C@H](C)OC=O)[C@@H](OC(C)=O)C(Br)Br. The molecule has 104 valence electrons. The Morgan fingerprint density at radius 1 is 1.06 bits per heavy atom. The van der Waals surface area contributed by atoms with Crippen LogP contribution in [0.3, 0.4) is 0 Å². The molecule has 0 spiro atoms. The highest BCUT2D eigenvalue weighted by atomic mass is 79.9. The molecule has 0 rings (SSSR count). The quantitative estimate of drug-likeness (QED) is 0.284. The van der Waals surface area contributed by atoms with Gasteiger partial charge in [0, 0.05) is 13.8 Å². The third-order valence-electron chi connectivity index (χ3n) is 1.91. The van der Waals surface area contributed by atoms with Crippen molar-refractivity contribution in [2.45, 2.75) is 42.8 Å². The van der Waals surface area contributed by atoms with Gasteiger partial charge in [0.25, 0.3) is 6.47 Å². The third kappa shape index (κ3) is 6.34.